The van der Waals surface area contributed by atoms with E-state index in [-0.39, 0.29) is 19.3 Å². The first-order valence-corrected chi connectivity index (χ1v) is 7.74. The summed E-state index contributed by atoms with van der Waals surface area (Å²) in [6.07, 6.45) is 0.201. The van der Waals surface area contributed by atoms with Gasteiger partial charge in [0.1, 0.15) is 6.04 Å². The van der Waals surface area contributed by atoms with Crippen molar-refractivity contribution in [3.05, 3.63) is 35.9 Å². The highest BCUT2D eigenvalue weighted by molar-refractivity contribution is 5.98. The van der Waals surface area contributed by atoms with Crippen molar-refractivity contribution in [2.75, 3.05) is 7.05 Å². The first kappa shape index (κ1) is 20.1. The lowest BCUT2D eigenvalue weighted by Crippen LogP contribution is -2.53. The Morgan fingerprint density at radius 3 is 2.28 bits per heavy atom. The molecule has 0 unspecified atom stereocenters. The van der Waals surface area contributed by atoms with Crippen LogP contribution in [0, 0.1) is 0 Å². The molecule has 0 aliphatic rings. The van der Waals surface area contributed by atoms with E-state index >= 15 is 0 Å². The van der Waals surface area contributed by atoms with Gasteiger partial charge in [-0.2, -0.15) is 0 Å². The molecule has 0 spiro atoms. The molecule has 0 fully saturated rings. The van der Waals surface area contributed by atoms with E-state index in [2.05, 4.69) is 16.0 Å². The highest BCUT2D eigenvalue weighted by atomic mass is 16.2. The molecule has 0 saturated carbocycles. The van der Waals surface area contributed by atoms with Crippen LogP contribution in [-0.2, 0) is 20.8 Å². The molecule has 0 bridgehead atoms. The number of carbonyl (C=O) groups excluding carboxylic acids is 4. The SMILES string of the molecule is CNC(=O)[C@H](CCC(N)=O)NC(=O)NC(=O)[C@@H](N)Cc1ccccc1. The number of hydrogen-bond donors (Lipinski definition) is 5. The largest absolute Gasteiger partial charge is 0.370 e. The Morgan fingerprint density at radius 2 is 1.72 bits per heavy atom. The predicted molar refractivity (Wildman–Crippen MR) is 91.1 cm³/mol. The molecular weight excluding hydrogens is 326 g/mol. The third-order valence-electron chi connectivity index (χ3n) is 3.42. The molecule has 25 heavy (non-hydrogen) atoms. The second-order valence-electron chi connectivity index (χ2n) is 5.43. The van der Waals surface area contributed by atoms with Gasteiger partial charge in [0.15, 0.2) is 0 Å². The van der Waals surface area contributed by atoms with Gasteiger partial charge in [-0.25, -0.2) is 4.79 Å². The van der Waals surface area contributed by atoms with Gasteiger partial charge >= 0.3 is 6.03 Å². The Kier molecular flexibility index (Phi) is 8.07. The Hall–Kier alpha value is -2.94. The van der Waals surface area contributed by atoms with Gasteiger partial charge < -0.3 is 22.1 Å². The van der Waals surface area contributed by atoms with E-state index in [9.17, 15) is 19.2 Å². The predicted octanol–water partition coefficient (Wildman–Crippen LogP) is -1.24. The number of benzene rings is 1. The zero-order valence-electron chi connectivity index (χ0n) is 14.0. The normalized spacial score (nSPS) is 12.6. The summed E-state index contributed by atoms with van der Waals surface area (Å²) in [6, 6.07) is 6.34. The first-order chi connectivity index (χ1) is 11.8. The first-order valence-electron chi connectivity index (χ1n) is 7.74. The average molecular weight is 349 g/mol. The summed E-state index contributed by atoms with van der Waals surface area (Å²) in [4.78, 5) is 46.4. The molecule has 2 atom stereocenters. The van der Waals surface area contributed by atoms with Crippen LogP contribution in [-0.4, -0.2) is 42.9 Å². The fourth-order valence-electron chi connectivity index (χ4n) is 2.09. The van der Waals surface area contributed by atoms with Crippen molar-refractivity contribution in [1.82, 2.24) is 16.0 Å². The quantitative estimate of drug-likeness (QED) is 0.397. The van der Waals surface area contributed by atoms with Crippen molar-refractivity contribution in [1.29, 1.82) is 0 Å². The molecule has 136 valence electrons. The Labute approximate surface area is 145 Å². The molecule has 7 N–H and O–H groups in total. The number of likely N-dealkylation sites (N-methyl/N-ethyl adjacent to an activating group) is 1. The van der Waals surface area contributed by atoms with Crippen LogP contribution in [0.3, 0.4) is 0 Å². The van der Waals surface area contributed by atoms with Crippen LogP contribution in [0.1, 0.15) is 18.4 Å². The molecule has 0 aromatic heterocycles. The van der Waals surface area contributed by atoms with Gasteiger partial charge in [0.05, 0.1) is 6.04 Å². The lowest BCUT2D eigenvalue weighted by atomic mass is 10.1. The molecule has 0 aliphatic carbocycles. The van der Waals surface area contributed by atoms with E-state index < -0.39 is 35.8 Å². The second-order valence-corrected chi connectivity index (χ2v) is 5.43. The number of nitrogens with two attached hydrogens (primary N) is 2. The molecule has 9 nitrogen and oxygen atoms in total. The second kappa shape index (κ2) is 10.0. The highest BCUT2D eigenvalue weighted by Crippen LogP contribution is 2.02. The number of rotatable bonds is 8. The van der Waals surface area contributed by atoms with Crippen LogP contribution in [0.15, 0.2) is 30.3 Å². The van der Waals surface area contributed by atoms with E-state index in [4.69, 9.17) is 11.5 Å². The van der Waals surface area contributed by atoms with Crippen molar-refractivity contribution in [2.24, 2.45) is 11.5 Å². The maximum atomic E-state index is 12.0. The van der Waals surface area contributed by atoms with Crippen molar-refractivity contribution >= 4 is 23.8 Å². The zero-order chi connectivity index (χ0) is 18.8. The van der Waals surface area contributed by atoms with Crippen LogP contribution in [0.25, 0.3) is 0 Å². The zero-order valence-corrected chi connectivity index (χ0v) is 14.0. The summed E-state index contributed by atoms with van der Waals surface area (Å²) < 4.78 is 0. The number of nitrogens with one attached hydrogen (secondary N) is 3. The van der Waals surface area contributed by atoms with E-state index in [1.165, 1.54) is 7.05 Å². The van der Waals surface area contributed by atoms with Crippen molar-refractivity contribution in [3.8, 4) is 0 Å². The maximum Gasteiger partial charge on any atom is 0.322 e. The molecule has 1 aromatic rings. The number of hydrogen-bond acceptors (Lipinski definition) is 5. The minimum atomic E-state index is -0.990. The summed E-state index contributed by atoms with van der Waals surface area (Å²) in [5, 5.41) is 6.77. The van der Waals surface area contributed by atoms with Crippen LogP contribution >= 0.6 is 0 Å². The van der Waals surface area contributed by atoms with Gasteiger partial charge in [-0.05, 0) is 18.4 Å². The lowest BCUT2D eigenvalue weighted by Gasteiger charge is -2.18. The van der Waals surface area contributed by atoms with Gasteiger partial charge in [-0.15, -0.1) is 0 Å². The molecule has 0 saturated heterocycles. The standard InChI is InChI=1S/C16H23N5O4/c1-19-15(24)12(7-8-13(18)22)20-16(25)21-14(23)11(17)9-10-5-3-2-4-6-10/h2-6,11-12H,7-9,17H2,1H3,(H2,18,22)(H,19,24)(H2,20,21,23,25)/t11-,12-/m0/s1. The van der Waals surface area contributed by atoms with Crippen LogP contribution in [0.5, 0.6) is 0 Å². The molecule has 5 amide bonds. The third kappa shape index (κ3) is 7.44. The summed E-state index contributed by atoms with van der Waals surface area (Å²) in [5.41, 5.74) is 11.7. The van der Waals surface area contributed by atoms with E-state index in [0.717, 1.165) is 5.56 Å². The van der Waals surface area contributed by atoms with Gasteiger partial charge in [0.2, 0.25) is 17.7 Å². The minimum Gasteiger partial charge on any atom is -0.370 e. The Morgan fingerprint density at radius 1 is 1.08 bits per heavy atom. The average Bonchev–Trinajstić information content (AvgIpc) is 2.58. The summed E-state index contributed by atoms with van der Waals surface area (Å²) in [7, 11) is 1.39. The Bertz CT molecular complexity index is 620. The molecule has 9 heteroatoms. The fourth-order valence-corrected chi connectivity index (χ4v) is 2.09. The summed E-state index contributed by atoms with van der Waals surface area (Å²) in [5.74, 6) is -1.78. The molecule has 0 radical (unpaired) electrons. The molecule has 0 aliphatic heterocycles. The smallest absolute Gasteiger partial charge is 0.322 e. The summed E-state index contributed by atoms with van der Waals surface area (Å²) in [6.45, 7) is 0. The number of primary amides is 1. The molecule has 0 heterocycles. The molecule has 1 aromatic carbocycles. The third-order valence-corrected chi connectivity index (χ3v) is 3.42. The van der Waals surface area contributed by atoms with Crippen LogP contribution in [0.4, 0.5) is 4.79 Å². The minimum absolute atomic E-state index is 0.0205. The van der Waals surface area contributed by atoms with Gasteiger partial charge in [-0.3, -0.25) is 19.7 Å². The van der Waals surface area contributed by atoms with Crippen molar-refractivity contribution in [3.63, 3.8) is 0 Å². The lowest BCUT2D eigenvalue weighted by molar-refractivity contribution is -0.124. The topological polar surface area (TPSA) is 156 Å². The Balaban J connectivity index is 2.55. The van der Waals surface area contributed by atoms with Crippen LogP contribution in [0.2, 0.25) is 0 Å². The van der Waals surface area contributed by atoms with Gasteiger partial charge in [-0.1, -0.05) is 30.3 Å². The van der Waals surface area contributed by atoms with E-state index in [1.54, 1.807) is 0 Å². The monoisotopic (exact) mass is 349 g/mol. The maximum absolute atomic E-state index is 12.0. The number of carbonyl (C=O) groups is 4. The molecular formula is C16H23N5O4. The van der Waals surface area contributed by atoms with Crippen LogP contribution < -0.4 is 27.4 Å². The van der Waals surface area contributed by atoms with Crippen molar-refractivity contribution < 1.29 is 19.2 Å². The van der Waals surface area contributed by atoms with E-state index in [0.29, 0.717) is 0 Å². The number of amides is 5. The van der Waals surface area contributed by atoms with Crippen molar-refractivity contribution in [2.45, 2.75) is 31.3 Å². The number of imide groups is 1. The van der Waals surface area contributed by atoms with Gasteiger partial charge in [0.25, 0.3) is 0 Å². The number of urea groups is 1. The van der Waals surface area contributed by atoms with E-state index in [1.807, 2.05) is 30.3 Å². The fraction of sp³-hybridized carbons (Fsp3) is 0.375. The van der Waals surface area contributed by atoms with Gasteiger partial charge in [0, 0.05) is 13.5 Å². The molecule has 1 rings (SSSR count). The highest BCUT2D eigenvalue weighted by Gasteiger charge is 2.23. The summed E-state index contributed by atoms with van der Waals surface area (Å²) >= 11 is 0.